The highest BCUT2D eigenvalue weighted by Crippen LogP contribution is 2.36. The number of nitrogens with zero attached hydrogens (tertiary/aromatic N) is 5. The highest BCUT2D eigenvalue weighted by molar-refractivity contribution is 5.87. The molecule has 0 aliphatic heterocycles. The van der Waals surface area contributed by atoms with Crippen molar-refractivity contribution in [3.8, 4) is 0 Å². The monoisotopic (exact) mass is 315 g/mol. The van der Waals surface area contributed by atoms with Crippen molar-refractivity contribution in [1.29, 1.82) is 0 Å². The van der Waals surface area contributed by atoms with Gasteiger partial charge in [-0.2, -0.15) is 5.10 Å². The Hall–Kier alpha value is -2.18. The highest BCUT2D eigenvalue weighted by Gasteiger charge is 2.31. The van der Waals surface area contributed by atoms with Gasteiger partial charge in [0.1, 0.15) is 18.7 Å². The number of rotatable bonds is 7. The maximum absolute atomic E-state index is 11.5. The molecule has 2 aliphatic rings. The van der Waals surface area contributed by atoms with Crippen LogP contribution in [0.15, 0.2) is 12.5 Å². The van der Waals surface area contributed by atoms with Gasteiger partial charge < -0.3 is 9.64 Å². The Morgan fingerprint density at radius 3 is 2.57 bits per heavy atom. The number of hydrogen-bond acceptors (Lipinski definition) is 6. The Bertz CT molecular complexity index is 706. The standard InChI is InChI=1S/C16H21N5O2/c1-23-14(22)9-21-16-13(6-19-21)15(17-10-18-16)20(7-11-2-3-11)8-12-4-5-12/h6,10-12H,2-5,7-9H2,1H3. The van der Waals surface area contributed by atoms with Crippen LogP contribution in [0.5, 0.6) is 0 Å². The number of esters is 1. The Morgan fingerprint density at radius 2 is 1.96 bits per heavy atom. The summed E-state index contributed by atoms with van der Waals surface area (Å²) in [6.45, 7) is 2.19. The molecule has 0 saturated heterocycles. The first-order valence-corrected chi connectivity index (χ1v) is 8.23. The van der Waals surface area contributed by atoms with Crippen molar-refractivity contribution in [2.45, 2.75) is 32.2 Å². The van der Waals surface area contributed by atoms with Gasteiger partial charge in [0, 0.05) is 13.1 Å². The van der Waals surface area contributed by atoms with Crippen LogP contribution in [0.1, 0.15) is 25.7 Å². The molecule has 2 aromatic heterocycles. The molecule has 7 heteroatoms. The maximum atomic E-state index is 11.5. The second-order valence-electron chi connectivity index (χ2n) is 6.60. The molecular formula is C16H21N5O2. The van der Waals surface area contributed by atoms with Gasteiger partial charge >= 0.3 is 5.97 Å². The second kappa shape index (κ2) is 5.79. The van der Waals surface area contributed by atoms with Crippen LogP contribution in [0.4, 0.5) is 5.82 Å². The molecular weight excluding hydrogens is 294 g/mol. The van der Waals surface area contributed by atoms with Crippen molar-refractivity contribution in [1.82, 2.24) is 19.7 Å². The fourth-order valence-electron chi connectivity index (χ4n) is 2.91. The number of carbonyl (C=O) groups is 1. The van der Waals surface area contributed by atoms with Crippen LogP contribution in [-0.4, -0.2) is 45.9 Å². The van der Waals surface area contributed by atoms with Crippen LogP contribution in [0, 0.1) is 11.8 Å². The number of anilines is 1. The highest BCUT2D eigenvalue weighted by atomic mass is 16.5. The summed E-state index contributed by atoms with van der Waals surface area (Å²) in [4.78, 5) is 22.7. The summed E-state index contributed by atoms with van der Waals surface area (Å²) < 4.78 is 6.30. The summed E-state index contributed by atoms with van der Waals surface area (Å²) in [6.07, 6.45) is 8.60. The van der Waals surface area contributed by atoms with Gasteiger partial charge in [0.05, 0.1) is 18.7 Å². The smallest absolute Gasteiger partial charge is 0.327 e. The molecule has 2 fully saturated rings. The van der Waals surface area contributed by atoms with E-state index in [-0.39, 0.29) is 12.5 Å². The van der Waals surface area contributed by atoms with E-state index in [0.717, 1.165) is 36.1 Å². The van der Waals surface area contributed by atoms with Gasteiger partial charge in [-0.15, -0.1) is 0 Å². The zero-order valence-electron chi connectivity index (χ0n) is 13.3. The van der Waals surface area contributed by atoms with Gasteiger partial charge in [0.2, 0.25) is 0 Å². The predicted octanol–water partition coefficient (Wildman–Crippen LogP) is 1.63. The first kappa shape index (κ1) is 14.4. The molecule has 7 nitrogen and oxygen atoms in total. The van der Waals surface area contributed by atoms with Crippen LogP contribution < -0.4 is 4.90 Å². The van der Waals surface area contributed by atoms with E-state index < -0.39 is 0 Å². The molecule has 2 saturated carbocycles. The zero-order valence-corrected chi connectivity index (χ0v) is 13.3. The summed E-state index contributed by atoms with van der Waals surface area (Å²) >= 11 is 0. The molecule has 2 heterocycles. The lowest BCUT2D eigenvalue weighted by molar-refractivity contribution is -0.141. The third kappa shape index (κ3) is 3.13. The summed E-state index contributed by atoms with van der Waals surface area (Å²) in [6, 6.07) is 0. The fraction of sp³-hybridized carbons (Fsp3) is 0.625. The Kier molecular flexibility index (Phi) is 3.63. The SMILES string of the molecule is COC(=O)Cn1ncc2c(N(CC3CC3)CC3CC3)ncnc21. The van der Waals surface area contributed by atoms with Crippen LogP contribution in [0.2, 0.25) is 0 Å². The summed E-state index contributed by atoms with van der Waals surface area (Å²) in [5.41, 5.74) is 0.692. The molecule has 0 spiro atoms. The topological polar surface area (TPSA) is 73.1 Å². The van der Waals surface area contributed by atoms with Gasteiger partial charge in [-0.05, 0) is 37.5 Å². The molecule has 122 valence electrons. The molecule has 0 amide bonds. The average molecular weight is 315 g/mol. The van der Waals surface area contributed by atoms with E-state index in [9.17, 15) is 4.79 Å². The number of fused-ring (bicyclic) bond motifs is 1. The van der Waals surface area contributed by atoms with Crippen molar-refractivity contribution >= 4 is 22.8 Å². The molecule has 2 aromatic rings. The van der Waals surface area contributed by atoms with E-state index >= 15 is 0 Å². The van der Waals surface area contributed by atoms with E-state index in [1.165, 1.54) is 32.8 Å². The summed E-state index contributed by atoms with van der Waals surface area (Å²) in [5.74, 6) is 2.21. The molecule has 0 radical (unpaired) electrons. The zero-order chi connectivity index (χ0) is 15.8. The average Bonchev–Trinajstić information content (AvgIpc) is 3.48. The van der Waals surface area contributed by atoms with E-state index in [2.05, 4.69) is 20.0 Å². The van der Waals surface area contributed by atoms with Crippen LogP contribution in [0.3, 0.4) is 0 Å². The summed E-state index contributed by atoms with van der Waals surface area (Å²) in [5, 5.41) is 5.22. The molecule has 4 rings (SSSR count). The number of hydrogen-bond donors (Lipinski definition) is 0. The van der Waals surface area contributed by atoms with Crippen molar-refractivity contribution < 1.29 is 9.53 Å². The minimum Gasteiger partial charge on any atom is -0.468 e. The van der Waals surface area contributed by atoms with Crippen molar-refractivity contribution in [2.75, 3.05) is 25.1 Å². The first-order chi connectivity index (χ1) is 11.2. The molecule has 2 aliphatic carbocycles. The van der Waals surface area contributed by atoms with E-state index in [1.54, 1.807) is 17.2 Å². The quantitative estimate of drug-likeness (QED) is 0.723. The largest absolute Gasteiger partial charge is 0.468 e. The Balaban J connectivity index is 1.65. The minimum absolute atomic E-state index is 0.0711. The maximum Gasteiger partial charge on any atom is 0.327 e. The Labute approximate surface area is 134 Å². The number of ether oxygens (including phenoxy) is 1. The van der Waals surface area contributed by atoms with Crippen LogP contribution in [-0.2, 0) is 16.1 Å². The lowest BCUT2D eigenvalue weighted by Gasteiger charge is -2.24. The van der Waals surface area contributed by atoms with Crippen molar-refractivity contribution in [3.63, 3.8) is 0 Å². The van der Waals surface area contributed by atoms with Crippen LogP contribution >= 0.6 is 0 Å². The first-order valence-electron chi connectivity index (χ1n) is 8.23. The van der Waals surface area contributed by atoms with E-state index in [4.69, 9.17) is 4.74 Å². The molecule has 0 N–H and O–H groups in total. The third-order valence-corrected chi connectivity index (χ3v) is 4.57. The van der Waals surface area contributed by atoms with Gasteiger partial charge in [0.25, 0.3) is 0 Å². The fourth-order valence-corrected chi connectivity index (χ4v) is 2.91. The lowest BCUT2D eigenvalue weighted by atomic mass is 10.2. The minimum atomic E-state index is -0.331. The molecule has 0 unspecified atom stereocenters. The number of methoxy groups -OCH3 is 1. The number of carbonyl (C=O) groups excluding carboxylic acids is 1. The number of aromatic nitrogens is 4. The van der Waals surface area contributed by atoms with Gasteiger partial charge in [-0.3, -0.25) is 4.79 Å². The lowest BCUT2D eigenvalue weighted by Crippen LogP contribution is -2.29. The second-order valence-corrected chi connectivity index (χ2v) is 6.60. The van der Waals surface area contributed by atoms with Crippen molar-refractivity contribution in [3.05, 3.63) is 12.5 Å². The van der Waals surface area contributed by atoms with Gasteiger partial charge in [-0.25, -0.2) is 14.6 Å². The van der Waals surface area contributed by atoms with Crippen molar-refractivity contribution in [2.24, 2.45) is 11.8 Å². The molecule has 0 atom stereocenters. The van der Waals surface area contributed by atoms with Crippen LogP contribution in [0.25, 0.3) is 11.0 Å². The third-order valence-electron chi connectivity index (χ3n) is 4.57. The van der Waals surface area contributed by atoms with Gasteiger partial charge in [-0.1, -0.05) is 0 Å². The molecule has 23 heavy (non-hydrogen) atoms. The van der Waals surface area contributed by atoms with E-state index in [1.807, 2.05) is 0 Å². The normalized spacial score (nSPS) is 17.4. The molecule has 0 aromatic carbocycles. The van der Waals surface area contributed by atoms with Gasteiger partial charge in [0.15, 0.2) is 5.65 Å². The summed E-state index contributed by atoms with van der Waals surface area (Å²) in [7, 11) is 1.38. The molecule has 0 bridgehead atoms. The predicted molar refractivity (Wildman–Crippen MR) is 85.0 cm³/mol. The van der Waals surface area contributed by atoms with E-state index in [0.29, 0.717) is 5.65 Å². The Morgan fingerprint density at radius 1 is 1.26 bits per heavy atom.